The molecule has 5 nitrogen and oxygen atoms in total. The van der Waals surface area contributed by atoms with Gasteiger partial charge in [-0.25, -0.2) is 8.42 Å². The summed E-state index contributed by atoms with van der Waals surface area (Å²) in [7, 11) is -2.19. The molecule has 23 heavy (non-hydrogen) atoms. The number of nitrogens with zero attached hydrogens (tertiary/aromatic N) is 1. The molecule has 0 saturated carbocycles. The number of fused-ring (bicyclic) bond motifs is 1. The van der Waals surface area contributed by atoms with E-state index < -0.39 is 16.1 Å². The lowest BCUT2D eigenvalue weighted by Crippen LogP contribution is -2.36. The van der Waals surface area contributed by atoms with Gasteiger partial charge in [0.15, 0.2) is 0 Å². The first-order valence-corrected chi connectivity index (χ1v) is 8.89. The molecule has 7 heteroatoms. The lowest BCUT2D eigenvalue weighted by Gasteiger charge is -2.33. The van der Waals surface area contributed by atoms with Crippen molar-refractivity contribution in [3.63, 3.8) is 0 Å². The van der Waals surface area contributed by atoms with Gasteiger partial charge in [0, 0.05) is 17.1 Å². The Balaban J connectivity index is 2.08. The SMILES string of the molecule is COc1ccc2c(c1)C(O)CCN2S(=O)(=O)c1ccc(Cl)cc1. The van der Waals surface area contributed by atoms with Gasteiger partial charge in [0.25, 0.3) is 10.0 Å². The first-order chi connectivity index (χ1) is 10.9. The van der Waals surface area contributed by atoms with E-state index in [0.29, 0.717) is 28.4 Å². The van der Waals surface area contributed by atoms with E-state index in [0.717, 1.165) is 0 Å². The van der Waals surface area contributed by atoms with E-state index in [2.05, 4.69) is 0 Å². The summed E-state index contributed by atoms with van der Waals surface area (Å²) < 4.78 is 32.3. The highest BCUT2D eigenvalue weighted by Gasteiger charge is 2.32. The molecular formula is C16H16ClNO4S. The standard InChI is InChI=1S/C16H16ClNO4S/c1-22-12-4-7-15-14(10-12)16(19)8-9-18(15)23(20,21)13-5-2-11(17)3-6-13/h2-7,10,16,19H,8-9H2,1H3. The van der Waals surface area contributed by atoms with Gasteiger partial charge in [-0.1, -0.05) is 11.6 Å². The number of benzene rings is 2. The molecule has 0 aromatic heterocycles. The summed E-state index contributed by atoms with van der Waals surface area (Å²) in [5.74, 6) is 0.577. The van der Waals surface area contributed by atoms with Gasteiger partial charge in [-0.3, -0.25) is 4.31 Å². The van der Waals surface area contributed by atoms with Crippen molar-refractivity contribution in [2.24, 2.45) is 0 Å². The van der Waals surface area contributed by atoms with Crippen LogP contribution in [0.3, 0.4) is 0 Å². The van der Waals surface area contributed by atoms with Crippen LogP contribution in [0, 0.1) is 0 Å². The molecule has 0 saturated heterocycles. The zero-order valence-electron chi connectivity index (χ0n) is 12.4. The number of rotatable bonds is 3. The van der Waals surface area contributed by atoms with Crippen molar-refractivity contribution in [3.05, 3.63) is 53.1 Å². The molecule has 0 aliphatic carbocycles. The molecule has 2 aromatic carbocycles. The predicted octanol–water partition coefficient (Wildman–Crippen LogP) is 2.98. The zero-order chi connectivity index (χ0) is 16.6. The number of sulfonamides is 1. The van der Waals surface area contributed by atoms with E-state index in [1.807, 2.05) is 0 Å². The second-order valence-electron chi connectivity index (χ2n) is 5.26. The number of hydrogen-bond acceptors (Lipinski definition) is 4. The maximum atomic E-state index is 12.9. The minimum absolute atomic E-state index is 0.167. The number of aliphatic hydroxyl groups is 1. The maximum absolute atomic E-state index is 12.9. The average molecular weight is 354 g/mol. The third-order valence-electron chi connectivity index (χ3n) is 3.87. The molecule has 1 aliphatic heterocycles. The Bertz CT molecular complexity index is 820. The van der Waals surface area contributed by atoms with Crippen molar-refractivity contribution in [2.75, 3.05) is 18.0 Å². The fraction of sp³-hybridized carbons (Fsp3) is 0.250. The molecule has 1 atom stereocenters. The molecule has 1 unspecified atom stereocenters. The first-order valence-electron chi connectivity index (χ1n) is 7.08. The summed E-state index contributed by atoms with van der Waals surface area (Å²) >= 11 is 5.83. The lowest BCUT2D eigenvalue weighted by molar-refractivity contribution is 0.166. The van der Waals surface area contributed by atoms with Gasteiger partial charge < -0.3 is 9.84 Å². The van der Waals surface area contributed by atoms with Gasteiger partial charge in [-0.2, -0.15) is 0 Å². The van der Waals surface area contributed by atoms with Crippen molar-refractivity contribution < 1.29 is 18.3 Å². The molecular weight excluding hydrogens is 338 g/mol. The van der Waals surface area contributed by atoms with Crippen LogP contribution in [0.4, 0.5) is 5.69 Å². The second-order valence-corrected chi connectivity index (χ2v) is 7.56. The van der Waals surface area contributed by atoms with Crippen LogP contribution in [-0.4, -0.2) is 27.2 Å². The maximum Gasteiger partial charge on any atom is 0.264 e. The van der Waals surface area contributed by atoms with Crippen LogP contribution in [-0.2, 0) is 10.0 Å². The summed E-state index contributed by atoms with van der Waals surface area (Å²) in [6.45, 7) is 0.214. The molecule has 1 heterocycles. The van der Waals surface area contributed by atoms with Gasteiger partial charge in [0.05, 0.1) is 23.8 Å². The third kappa shape index (κ3) is 2.89. The summed E-state index contributed by atoms with van der Waals surface area (Å²) in [4.78, 5) is 0.167. The number of ether oxygens (including phenoxy) is 1. The quantitative estimate of drug-likeness (QED) is 0.921. The molecule has 0 radical (unpaired) electrons. The number of anilines is 1. The smallest absolute Gasteiger partial charge is 0.264 e. The first kappa shape index (κ1) is 16.1. The molecule has 0 amide bonds. The van der Waals surface area contributed by atoms with Crippen LogP contribution in [0.1, 0.15) is 18.1 Å². The monoisotopic (exact) mass is 353 g/mol. The Morgan fingerprint density at radius 3 is 2.57 bits per heavy atom. The van der Waals surface area contributed by atoms with Gasteiger partial charge in [0.2, 0.25) is 0 Å². The molecule has 2 aromatic rings. The molecule has 0 fully saturated rings. The fourth-order valence-electron chi connectivity index (χ4n) is 2.65. The zero-order valence-corrected chi connectivity index (χ0v) is 14.0. The molecule has 122 valence electrons. The summed E-state index contributed by atoms with van der Waals surface area (Å²) in [6, 6.07) is 11.1. The van der Waals surface area contributed by atoms with Crippen molar-refractivity contribution in [3.8, 4) is 5.75 Å². The molecule has 1 N–H and O–H groups in total. The number of methoxy groups -OCH3 is 1. The van der Waals surface area contributed by atoms with Crippen LogP contribution in [0.25, 0.3) is 0 Å². The van der Waals surface area contributed by atoms with Crippen LogP contribution in [0.5, 0.6) is 5.75 Å². The Hall–Kier alpha value is -1.76. The van der Waals surface area contributed by atoms with Gasteiger partial charge in [-0.05, 0) is 48.9 Å². The molecule has 0 bridgehead atoms. The van der Waals surface area contributed by atoms with Crippen LogP contribution >= 0.6 is 11.6 Å². The normalized spacial score (nSPS) is 17.7. The Kier molecular flexibility index (Phi) is 4.23. The largest absolute Gasteiger partial charge is 0.497 e. The summed E-state index contributed by atoms with van der Waals surface area (Å²) in [5, 5.41) is 10.7. The fourth-order valence-corrected chi connectivity index (χ4v) is 4.28. The van der Waals surface area contributed by atoms with Crippen molar-refractivity contribution >= 4 is 27.3 Å². The number of halogens is 1. The highest BCUT2D eigenvalue weighted by molar-refractivity contribution is 7.92. The van der Waals surface area contributed by atoms with E-state index >= 15 is 0 Å². The van der Waals surface area contributed by atoms with Gasteiger partial charge in [0.1, 0.15) is 5.75 Å². The Labute approximate surface area is 140 Å². The lowest BCUT2D eigenvalue weighted by atomic mass is 10.0. The van der Waals surface area contributed by atoms with Crippen molar-refractivity contribution in [2.45, 2.75) is 17.4 Å². The predicted molar refractivity (Wildman–Crippen MR) is 88.6 cm³/mol. The minimum atomic E-state index is -3.71. The molecule has 1 aliphatic rings. The number of hydrogen-bond donors (Lipinski definition) is 1. The minimum Gasteiger partial charge on any atom is -0.497 e. The summed E-state index contributed by atoms with van der Waals surface area (Å²) in [5.41, 5.74) is 1.02. The van der Waals surface area contributed by atoms with Crippen LogP contribution in [0.2, 0.25) is 5.02 Å². The molecule has 0 spiro atoms. The van der Waals surface area contributed by atoms with Crippen LogP contribution < -0.4 is 9.04 Å². The topological polar surface area (TPSA) is 66.8 Å². The van der Waals surface area contributed by atoms with Gasteiger partial charge in [-0.15, -0.1) is 0 Å². The summed E-state index contributed by atoms with van der Waals surface area (Å²) in [6.07, 6.45) is -0.385. The number of aliphatic hydroxyl groups excluding tert-OH is 1. The third-order valence-corrected chi connectivity index (χ3v) is 5.95. The highest BCUT2D eigenvalue weighted by Crippen LogP contribution is 2.39. The van der Waals surface area contributed by atoms with Gasteiger partial charge >= 0.3 is 0 Å². The van der Waals surface area contributed by atoms with E-state index in [4.69, 9.17) is 16.3 Å². The van der Waals surface area contributed by atoms with Crippen molar-refractivity contribution in [1.29, 1.82) is 0 Å². The average Bonchev–Trinajstić information content (AvgIpc) is 2.55. The van der Waals surface area contributed by atoms with Crippen molar-refractivity contribution in [1.82, 2.24) is 0 Å². The Morgan fingerprint density at radius 1 is 1.22 bits per heavy atom. The second kappa shape index (κ2) is 6.03. The van der Waals surface area contributed by atoms with E-state index in [-0.39, 0.29) is 11.4 Å². The highest BCUT2D eigenvalue weighted by atomic mass is 35.5. The molecule has 3 rings (SSSR count). The Morgan fingerprint density at radius 2 is 1.91 bits per heavy atom. The van der Waals surface area contributed by atoms with Crippen LogP contribution in [0.15, 0.2) is 47.4 Å². The van der Waals surface area contributed by atoms with E-state index in [1.54, 1.807) is 30.3 Å². The van der Waals surface area contributed by atoms with E-state index in [9.17, 15) is 13.5 Å². The van der Waals surface area contributed by atoms with E-state index in [1.165, 1.54) is 23.5 Å².